The third-order valence-corrected chi connectivity index (χ3v) is 6.01. The first-order valence-corrected chi connectivity index (χ1v) is 11.0. The van der Waals surface area contributed by atoms with Gasteiger partial charge in [0.1, 0.15) is 17.3 Å². The Balaban J connectivity index is 1.81. The standard InChI is InChI=1S/C25H22F4N4O2/c1-30-20-10-6-17(13-19(20)26)22-23(16-4-7-18(8-5-16)35-25(27,28)29)33(2)24(34)21(32-22)9-3-15-11-12-31-14-15/h4-8,10,13,15,31H,3,9,11-12,14H2,2H3/t15-/m0/s1. The molecule has 0 amide bonds. The number of aryl methyl sites for hydroxylation is 1. The number of nitrogens with zero attached hydrogens (tertiary/aromatic N) is 3. The fourth-order valence-electron chi connectivity index (χ4n) is 4.25. The normalized spacial score (nSPS) is 15.7. The number of aromatic nitrogens is 2. The number of halogens is 4. The molecule has 6 nitrogen and oxygen atoms in total. The van der Waals surface area contributed by atoms with Crippen LogP contribution in [-0.4, -0.2) is 29.0 Å². The van der Waals surface area contributed by atoms with E-state index >= 15 is 0 Å². The van der Waals surface area contributed by atoms with Crippen LogP contribution in [0.2, 0.25) is 0 Å². The van der Waals surface area contributed by atoms with Crippen molar-refractivity contribution in [3.63, 3.8) is 0 Å². The molecule has 1 aliphatic heterocycles. The first-order chi connectivity index (χ1) is 16.7. The Morgan fingerprint density at radius 3 is 2.51 bits per heavy atom. The summed E-state index contributed by atoms with van der Waals surface area (Å²) in [7, 11) is 1.55. The van der Waals surface area contributed by atoms with Crippen LogP contribution < -0.4 is 15.6 Å². The van der Waals surface area contributed by atoms with Gasteiger partial charge in [-0.3, -0.25) is 4.79 Å². The molecule has 0 unspecified atom stereocenters. The summed E-state index contributed by atoms with van der Waals surface area (Å²) < 4.78 is 57.5. The van der Waals surface area contributed by atoms with Crippen molar-refractivity contribution in [2.45, 2.75) is 25.6 Å². The lowest BCUT2D eigenvalue weighted by molar-refractivity contribution is -0.274. The van der Waals surface area contributed by atoms with Crippen LogP contribution in [-0.2, 0) is 13.5 Å². The molecular formula is C25H22F4N4O2. The van der Waals surface area contributed by atoms with Crippen molar-refractivity contribution in [2.75, 3.05) is 13.1 Å². The number of hydrogen-bond acceptors (Lipinski definition) is 4. The zero-order chi connectivity index (χ0) is 25.2. The highest BCUT2D eigenvalue weighted by Crippen LogP contribution is 2.34. The second-order valence-electron chi connectivity index (χ2n) is 8.37. The van der Waals surface area contributed by atoms with Crippen molar-refractivity contribution >= 4 is 5.69 Å². The molecule has 1 aliphatic rings. The number of nitrogens with one attached hydrogen (secondary N) is 1. The molecule has 0 bridgehead atoms. The molecule has 3 aromatic rings. The number of hydrogen-bond donors (Lipinski definition) is 1. The van der Waals surface area contributed by atoms with Gasteiger partial charge < -0.3 is 14.6 Å². The Bertz CT molecular complexity index is 1320. The molecule has 2 aromatic carbocycles. The first-order valence-electron chi connectivity index (χ1n) is 11.0. The smallest absolute Gasteiger partial charge is 0.406 e. The van der Waals surface area contributed by atoms with Crippen molar-refractivity contribution < 1.29 is 22.3 Å². The monoisotopic (exact) mass is 486 g/mol. The van der Waals surface area contributed by atoms with Gasteiger partial charge >= 0.3 is 6.36 Å². The van der Waals surface area contributed by atoms with Crippen LogP contribution >= 0.6 is 0 Å². The predicted molar refractivity (Wildman–Crippen MR) is 123 cm³/mol. The van der Waals surface area contributed by atoms with Crippen molar-refractivity contribution in [2.24, 2.45) is 13.0 Å². The Hall–Kier alpha value is -3.71. The molecule has 182 valence electrons. The molecule has 4 rings (SSSR count). The largest absolute Gasteiger partial charge is 0.573 e. The van der Waals surface area contributed by atoms with Gasteiger partial charge in [-0.1, -0.05) is 12.1 Å². The molecule has 0 saturated carbocycles. The maximum atomic E-state index is 14.5. The van der Waals surface area contributed by atoms with Crippen molar-refractivity contribution in [3.05, 3.63) is 75.7 Å². The van der Waals surface area contributed by atoms with Gasteiger partial charge in [-0.05, 0) is 68.6 Å². The number of benzene rings is 2. The third kappa shape index (κ3) is 5.52. The molecule has 0 aliphatic carbocycles. The van der Waals surface area contributed by atoms with Crippen LogP contribution in [0.4, 0.5) is 23.2 Å². The summed E-state index contributed by atoms with van der Waals surface area (Å²) in [5.41, 5.74) is 1.21. The van der Waals surface area contributed by atoms with E-state index in [9.17, 15) is 22.4 Å². The van der Waals surface area contributed by atoms with Gasteiger partial charge in [0.15, 0.2) is 0 Å². The molecule has 35 heavy (non-hydrogen) atoms. The van der Waals surface area contributed by atoms with Gasteiger partial charge in [-0.25, -0.2) is 14.2 Å². The van der Waals surface area contributed by atoms with E-state index in [4.69, 9.17) is 6.57 Å². The van der Waals surface area contributed by atoms with E-state index in [0.29, 0.717) is 40.5 Å². The van der Waals surface area contributed by atoms with E-state index in [-0.39, 0.29) is 11.2 Å². The van der Waals surface area contributed by atoms with Crippen LogP contribution in [0.5, 0.6) is 5.75 Å². The minimum atomic E-state index is -4.83. The summed E-state index contributed by atoms with van der Waals surface area (Å²) in [5.74, 6) is -0.706. The van der Waals surface area contributed by atoms with Crippen LogP contribution in [0.15, 0.2) is 47.3 Å². The number of alkyl halides is 3. The molecule has 1 fully saturated rings. The summed E-state index contributed by atoms with van der Waals surface area (Å²) in [6.45, 7) is 8.89. The molecule has 1 atom stereocenters. The molecular weight excluding hydrogens is 464 g/mol. The highest BCUT2D eigenvalue weighted by Gasteiger charge is 2.31. The summed E-state index contributed by atoms with van der Waals surface area (Å²) in [6.07, 6.45) is -2.61. The van der Waals surface area contributed by atoms with E-state index < -0.39 is 17.9 Å². The van der Waals surface area contributed by atoms with Crippen molar-refractivity contribution in [1.82, 2.24) is 14.9 Å². The van der Waals surface area contributed by atoms with Gasteiger partial charge in [-0.15, -0.1) is 13.2 Å². The molecule has 1 N–H and O–H groups in total. The fraction of sp³-hybridized carbons (Fsp3) is 0.320. The lowest BCUT2D eigenvalue weighted by Gasteiger charge is -2.17. The highest BCUT2D eigenvalue weighted by molar-refractivity contribution is 5.79. The van der Waals surface area contributed by atoms with E-state index in [1.807, 2.05) is 0 Å². The molecule has 0 radical (unpaired) electrons. The number of ether oxygens (including phenoxy) is 1. The van der Waals surface area contributed by atoms with E-state index in [0.717, 1.165) is 38.1 Å². The second kappa shape index (κ2) is 9.88. The van der Waals surface area contributed by atoms with Gasteiger partial charge in [0.25, 0.3) is 5.56 Å². The predicted octanol–water partition coefficient (Wildman–Crippen LogP) is 5.24. The maximum absolute atomic E-state index is 14.5. The third-order valence-electron chi connectivity index (χ3n) is 6.01. The van der Waals surface area contributed by atoms with Crippen LogP contribution in [0.3, 0.4) is 0 Å². The topological polar surface area (TPSA) is 60.5 Å². The summed E-state index contributed by atoms with van der Waals surface area (Å²) >= 11 is 0. The van der Waals surface area contributed by atoms with E-state index in [1.54, 1.807) is 13.1 Å². The van der Waals surface area contributed by atoms with Crippen LogP contribution in [0, 0.1) is 18.3 Å². The molecule has 1 aromatic heterocycles. The minimum absolute atomic E-state index is 0.150. The Labute approximate surface area is 199 Å². The highest BCUT2D eigenvalue weighted by atomic mass is 19.4. The SMILES string of the molecule is [C-]#[N+]c1ccc(-c2nc(CC[C@H]3CCNC3)c(=O)n(C)c2-c2ccc(OC(F)(F)F)cc2)cc1F. The minimum Gasteiger partial charge on any atom is -0.406 e. The van der Waals surface area contributed by atoms with Crippen LogP contribution in [0.25, 0.3) is 27.4 Å². The Kier molecular flexibility index (Phi) is 6.89. The average Bonchev–Trinajstić information content (AvgIpc) is 3.33. The van der Waals surface area contributed by atoms with Crippen LogP contribution in [0.1, 0.15) is 18.5 Å². The summed E-state index contributed by atoms with van der Waals surface area (Å²) in [5, 5.41) is 3.29. The Morgan fingerprint density at radius 2 is 1.91 bits per heavy atom. The second-order valence-corrected chi connectivity index (χ2v) is 8.37. The summed E-state index contributed by atoms with van der Waals surface area (Å²) in [6, 6.07) is 9.09. The lowest BCUT2D eigenvalue weighted by atomic mass is 9.99. The molecule has 10 heteroatoms. The van der Waals surface area contributed by atoms with Gasteiger partial charge in [-0.2, -0.15) is 0 Å². The van der Waals surface area contributed by atoms with Crippen molar-refractivity contribution in [3.8, 4) is 28.3 Å². The van der Waals surface area contributed by atoms with E-state index in [1.165, 1.54) is 28.8 Å². The number of rotatable bonds is 6. The zero-order valence-corrected chi connectivity index (χ0v) is 18.8. The average molecular weight is 486 g/mol. The summed E-state index contributed by atoms with van der Waals surface area (Å²) in [4.78, 5) is 20.9. The fourth-order valence-corrected chi connectivity index (χ4v) is 4.25. The quantitative estimate of drug-likeness (QED) is 0.382. The van der Waals surface area contributed by atoms with Gasteiger partial charge in [0, 0.05) is 18.2 Å². The maximum Gasteiger partial charge on any atom is 0.573 e. The van der Waals surface area contributed by atoms with E-state index in [2.05, 4.69) is 19.9 Å². The molecule has 1 saturated heterocycles. The lowest BCUT2D eigenvalue weighted by Crippen LogP contribution is -2.26. The Morgan fingerprint density at radius 1 is 1.20 bits per heavy atom. The molecule has 2 heterocycles. The van der Waals surface area contributed by atoms with Crippen molar-refractivity contribution in [1.29, 1.82) is 0 Å². The molecule has 0 spiro atoms. The van der Waals surface area contributed by atoms with Gasteiger partial charge in [0.05, 0.1) is 18.0 Å². The van der Waals surface area contributed by atoms with Gasteiger partial charge in [0.2, 0.25) is 5.69 Å². The zero-order valence-electron chi connectivity index (χ0n) is 18.8. The first kappa shape index (κ1) is 24.4.